The minimum absolute atomic E-state index is 0.158. The van der Waals surface area contributed by atoms with Gasteiger partial charge in [-0.15, -0.1) is 0 Å². The first-order valence-corrected chi connectivity index (χ1v) is 10.8. The number of nitrogens with two attached hydrogens (primary N) is 1. The quantitative estimate of drug-likeness (QED) is 0.721. The van der Waals surface area contributed by atoms with Crippen LogP contribution in [-0.2, 0) is 4.87 Å². The predicted molar refractivity (Wildman–Crippen MR) is 117 cm³/mol. The molecule has 0 saturated carbocycles. The van der Waals surface area contributed by atoms with Crippen LogP contribution in [0.1, 0.15) is 37.8 Å². The van der Waals surface area contributed by atoms with Crippen LogP contribution < -0.4 is 5.73 Å². The van der Waals surface area contributed by atoms with Crippen LogP contribution in [-0.4, -0.2) is 40.6 Å². The average molecular weight is 415 g/mol. The third-order valence-electron chi connectivity index (χ3n) is 5.03. The summed E-state index contributed by atoms with van der Waals surface area (Å²) in [6.45, 7) is 5.59. The van der Waals surface area contributed by atoms with Gasteiger partial charge in [0.2, 0.25) is 0 Å². The van der Waals surface area contributed by atoms with Crippen molar-refractivity contribution in [2.24, 2.45) is 10.8 Å². The monoisotopic (exact) mass is 414 g/mol. The standard InChI is InChI=1S/C22H27FN4OS/c1-3-26(4-2)21(28)27-22(14-9-15-24,18-11-6-5-7-12-18)29-20(25-27)17-10-8-13-19(23)16-17/h5-8,10-13,16H,3-4,9,14-15,24H2,1-2H3. The van der Waals surface area contributed by atoms with Gasteiger partial charge in [-0.3, -0.25) is 0 Å². The molecule has 5 nitrogen and oxygen atoms in total. The van der Waals surface area contributed by atoms with Gasteiger partial charge < -0.3 is 10.6 Å². The zero-order valence-corrected chi connectivity index (χ0v) is 17.7. The van der Waals surface area contributed by atoms with Gasteiger partial charge in [-0.25, -0.2) is 9.18 Å². The van der Waals surface area contributed by atoms with Crippen molar-refractivity contribution in [2.75, 3.05) is 19.6 Å². The molecule has 0 aromatic heterocycles. The molecule has 2 N–H and O–H groups in total. The van der Waals surface area contributed by atoms with E-state index in [1.165, 1.54) is 23.9 Å². The normalized spacial score (nSPS) is 18.6. The van der Waals surface area contributed by atoms with Crippen molar-refractivity contribution in [1.29, 1.82) is 0 Å². The maximum absolute atomic E-state index is 13.9. The number of benzene rings is 2. The van der Waals surface area contributed by atoms with Crippen LogP contribution in [0.4, 0.5) is 9.18 Å². The molecule has 0 aliphatic carbocycles. The molecule has 1 aliphatic rings. The van der Waals surface area contributed by atoms with Crippen LogP contribution in [0, 0.1) is 5.82 Å². The summed E-state index contributed by atoms with van der Waals surface area (Å²) in [5.41, 5.74) is 7.48. The largest absolute Gasteiger partial charge is 0.342 e. The van der Waals surface area contributed by atoms with Crippen LogP contribution in [0.15, 0.2) is 59.7 Å². The topological polar surface area (TPSA) is 61.9 Å². The van der Waals surface area contributed by atoms with Crippen LogP contribution in [0.25, 0.3) is 0 Å². The summed E-state index contributed by atoms with van der Waals surface area (Å²) in [5.74, 6) is -0.327. The van der Waals surface area contributed by atoms with Crippen molar-refractivity contribution in [1.82, 2.24) is 9.91 Å². The average Bonchev–Trinajstić information content (AvgIpc) is 3.14. The summed E-state index contributed by atoms with van der Waals surface area (Å²) in [6, 6.07) is 16.1. The molecule has 154 valence electrons. The second-order valence-electron chi connectivity index (χ2n) is 6.83. The third-order valence-corrected chi connectivity index (χ3v) is 6.49. The third kappa shape index (κ3) is 4.31. The Morgan fingerprint density at radius 3 is 2.52 bits per heavy atom. The fourth-order valence-corrected chi connectivity index (χ4v) is 4.87. The van der Waals surface area contributed by atoms with Gasteiger partial charge >= 0.3 is 6.03 Å². The zero-order chi connectivity index (χ0) is 20.9. The van der Waals surface area contributed by atoms with E-state index in [9.17, 15) is 9.18 Å². The number of carbonyl (C=O) groups excluding carboxylic acids is 1. The molecule has 2 aromatic carbocycles. The molecule has 1 aliphatic heterocycles. The fourth-order valence-electron chi connectivity index (χ4n) is 3.48. The lowest BCUT2D eigenvalue weighted by Gasteiger charge is -2.38. The summed E-state index contributed by atoms with van der Waals surface area (Å²) < 4.78 is 13.9. The van der Waals surface area contributed by atoms with Gasteiger partial charge in [-0.2, -0.15) is 10.1 Å². The molecule has 0 bridgehead atoms. The number of nitrogens with zero attached hydrogens (tertiary/aromatic N) is 3. The number of rotatable bonds is 7. The Bertz CT molecular complexity index is 872. The van der Waals surface area contributed by atoms with E-state index in [0.717, 1.165) is 12.0 Å². The van der Waals surface area contributed by atoms with Gasteiger partial charge in [0.05, 0.1) is 0 Å². The van der Waals surface area contributed by atoms with Gasteiger partial charge in [0.25, 0.3) is 0 Å². The smallest absolute Gasteiger partial charge is 0.330 e. The van der Waals surface area contributed by atoms with Crippen molar-refractivity contribution < 1.29 is 9.18 Å². The first kappa shape index (κ1) is 21.3. The maximum atomic E-state index is 13.9. The molecule has 2 amide bonds. The Hall–Kier alpha value is -2.38. The van der Waals surface area contributed by atoms with E-state index in [4.69, 9.17) is 10.8 Å². The highest BCUT2D eigenvalue weighted by Crippen LogP contribution is 2.50. The zero-order valence-electron chi connectivity index (χ0n) is 16.8. The van der Waals surface area contributed by atoms with Gasteiger partial charge in [-0.05, 0) is 50.9 Å². The van der Waals surface area contributed by atoms with E-state index in [1.54, 1.807) is 16.0 Å². The van der Waals surface area contributed by atoms with E-state index >= 15 is 0 Å². The first-order chi connectivity index (χ1) is 14.1. The van der Waals surface area contributed by atoms with E-state index < -0.39 is 4.87 Å². The van der Waals surface area contributed by atoms with E-state index in [2.05, 4.69) is 0 Å². The first-order valence-electron chi connectivity index (χ1n) is 9.94. The number of urea groups is 1. The molecule has 2 aromatic rings. The summed E-state index contributed by atoms with van der Waals surface area (Å²) in [6.07, 6.45) is 1.38. The van der Waals surface area contributed by atoms with E-state index in [0.29, 0.717) is 36.7 Å². The van der Waals surface area contributed by atoms with Crippen molar-refractivity contribution in [3.63, 3.8) is 0 Å². The lowest BCUT2D eigenvalue weighted by molar-refractivity contribution is 0.126. The highest BCUT2D eigenvalue weighted by atomic mass is 32.2. The maximum Gasteiger partial charge on any atom is 0.342 e. The predicted octanol–water partition coefficient (Wildman–Crippen LogP) is 4.59. The molecule has 0 saturated heterocycles. The Morgan fingerprint density at radius 1 is 1.17 bits per heavy atom. The lowest BCUT2D eigenvalue weighted by Crippen LogP contribution is -2.48. The second kappa shape index (κ2) is 9.41. The highest BCUT2D eigenvalue weighted by molar-refractivity contribution is 8.15. The number of thioether (sulfide) groups is 1. The fraction of sp³-hybridized carbons (Fsp3) is 0.364. The minimum atomic E-state index is -0.720. The summed E-state index contributed by atoms with van der Waals surface area (Å²) >= 11 is 1.49. The Labute approximate surface area is 175 Å². The van der Waals surface area contributed by atoms with Crippen molar-refractivity contribution >= 4 is 22.8 Å². The van der Waals surface area contributed by atoms with Gasteiger partial charge in [0, 0.05) is 18.7 Å². The Morgan fingerprint density at radius 2 is 1.90 bits per heavy atom. The molecule has 1 heterocycles. The van der Waals surface area contributed by atoms with E-state index in [1.807, 2.05) is 50.2 Å². The molecule has 29 heavy (non-hydrogen) atoms. The number of amides is 2. The van der Waals surface area contributed by atoms with Crippen LogP contribution >= 0.6 is 11.8 Å². The molecule has 0 spiro atoms. The number of halogens is 1. The van der Waals surface area contributed by atoms with Gasteiger partial charge in [-0.1, -0.05) is 54.2 Å². The van der Waals surface area contributed by atoms with Crippen molar-refractivity contribution in [3.05, 3.63) is 71.5 Å². The van der Waals surface area contributed by atoms with Crippen molar-refractivity contribution in [3.8, 4) is 0 Å². The van der Waals surface area contributed by atoms with Gasteiger partial charge in [0.1, 0.15) is 15.7 Å². The Balaban J connectivity index is 2.12. The lowest BCUT2D eigenvalue weighted by atomic mass is 10.0. The molecular weight excluding hydrogens is 387 g/mol. The molecule has 7 heteroatoms. The molecule has 1 unspecified atom stereocenters. The minimum Gasteiger partial charge on any atom is -0.330 e. The van der Waals surface area contributed by atoms with Crippen LogP contribution in [0.2, 0.25) is 0 Å². The molecule has 1 atom stereocenters. The molecule has 3 rings (SSSR count). The summed E-state index contributed by atoms with van der Waals surface area (Å²) in [5, 5.41) is 6.92. The van der Waals surface area contributed by atoms with Crippen LogP contribution in [0.5, 0.6) is 0 Å². The van der Waals surface area contributed by atoms with E-state index in [-0.39, 0.29) is 11.8 Å². The SMILES string of the molecule is CCN(CC)C(=O)N1N=C(c2cccc(F)c2)SC1(CCCN)c1ccccc1. The highest BCUT2D eigenvalue weighted by Gasteiger charge is 2.49. The molecule has 0 fully saturated rings. The summed E-state index contributed by atoms with van der Waals surface area (Å²) in [7, 11) is 0. The number of hydrazone groups is 1. The van der Waals surface area contributed by atoms with Gasteiger partial charge in [0.15, 0.2) is 0 Å². The molecular formula is C22H27FN4OS. The second-order valence-corrected chi connectivity index (χ2v) is 8.09. The Kier molecular flexibility index (Phi) is 6.92. The van der Waals surface area contributed by atoms with Crippen molar-refractivity contribution in [2.45, 2.75) is 31.6 Å². The number of hydrogen-bond donors (Lipinski definition) is 1. The number of carbonyl (C=O) groups is 1. The summed E-state index contributed by atoms with van der Waals surface area (Å²) in [4.78, 5) is 14.5. The molecule has 0 radical (unpaired) electrons. The number of hydrogen-bond acceptors (Lipinski definition) is 4. The van der Waals surface area contributed by atoms with Crippen LogP contribution in [0.3, 0.4) is 0 Å².